The van der Waals surface area contributed by atoms with Crippen molar-refractivity contribution in [2.45, 2.75) is 18.9 Å². The molecule has 2 aliphatic heterocycles. The summed E-state index contributed by atoms with van der Waals surface area (Å²) >= 11 is 6.22. The van der Waals surface area contributed by atoms with Crippen LogP contribution >= 0.6 is 11.6 Å². The predicted octanol–water partition coefficient (Wildman–Crippen LogP) is 3.15. The molecule has 3 aromatic rings. The minimum absolute atomic E-state index is 0.0507. The summed E-state index contributed by atoms with van der Waals surface area (Å²) in [7, 11) is 3.98. The number of likely N-dealkylation sites (N-methyl/N-ethyl adjacent to an activating group) is 1. The van der Waals surface area contributed by atoms with Gasteiger partial charge in [0, 0.05) is 55.7 Å². The molecular weight excluding hydrogens is 478 g/mol. The minimum atomic E-state index is -0.101. The number of anilines is 2. The Kier molecular flexibility index (Phi) is 7.50. The Morgan fingerprint density at radius 3 is 2.81 bits per heavy atom. The first kappa shape index (κ1) is 24.7. The Morgan fingerprint density at radius 2 is 2.03 bits per heavy atom. The minimum Gasteiger partial charge on any atom is -0.378 e. The number of amides is 1. The Morgan fingerprint density at radius 1 is 1.19 bits per heavy atom. The number of fused-ring (bicyclic) bond motifs is 1. The van der Waals surface area contributed by atoms with E-state index in [4.69, 9.17) is 26.3 Å². The van der Waals surface area contributed by atoms with Crippen molar-refractivity contribution in [3.8, 4) is 0 Å². The van der Waals surface area contributed by atoms with Crippen LogP contribution in [-0.2, 0) is 4.74 Å². The Hall–Kier alpha value is -3.01. The highest BCUT2D eigenvalue weighted by Gasteiger charge is 2.30. The van der Waals surface area contributed by atoms with E-state index < -0.39 is 0 Å². The standard InChI is InChI=1S/C26H32ClN7O2/c1-32(2)9-7-29-26(35)18-14-20(22-4-3-8-34(22)19-5-6-28-23(27)16-19)25-21(15-18)30-17-24(31-25)33-10-12-36-13-11-33/h5-6,14-17,22H,3-4,7-13H2,1-2H3,(H,29,35). The second kappa shape index (κ2) is 10.9. The van der Waals surface area contributed by atoms with E-state index in [1.807, 2.05) is 43.3 Å². The van der Waals surface area contributed by atoms with Crippen LogP contribution in [0, 0.1) is 0 Å². The van der Waals surface area contributed by atoms with Gasteiger partial charge in [0.05, 0.1) is 36.5 Å². The molecule has 10 heteroatoms. The molecule has 0 aliphatic carbocycles. The van der Waals surface area contributed by atoms with Crippen molar-refractivity contribution < 1.29 is 9.53 Å². The summed E-state index contributed by atoms with van der Waals surface area (Å²) < 4.78 is 5.52. The fraction of sp³-hybridized carbons (Fsp3) is 0.462. The topological polar surface area (TPSA) is 86.7 Å². The number of nitrogens with zero attached hydrogens (tertiary/aromatic N) is 6. The second-order valence-corrected chi connectivity index (χ2v) is 9.90. The number of hydrogen-bond donors (Lipinski definition) is 1. The number of pyridine rings is 1. The zero-order valence-corrected chi connectivity index (χ0v) is 21.5. The molecule has 1 N–H and O–H groups in total. The van der Waals surface area contributed by atoms with E-state index in [1.165, 1.54) is 0 Å². The number of nitrogens with one attached hydrogen (secondary N) is 1. The van der Waals surface area contributed by atoms with Gasteiger partial charge in [0.2, 0.25) is 0 Å². The molecule has 2 aliphatic rings. The number of benzene rings is 1. The third kappa shape index (κ3) is 5.38. The van der Waals surface area contributed by atoms with Crippen molar-refractivity contribution >= 4 is 40.0 Å². The molecule has 190 valence electrons. The molecule has 5 rings (SSSR count). The van der Waals surface area contributed by atoms with Crippen LogP contribution in [0.5, 0.6) is 0 Å². The normalized spacial score (nSPS) is 18.3. The van der Waals surface area contributed by atoms with Gasteiger partial charge >= 0.3 is 0 Å². The molecule has 0 spiro atoms. The summed E-state index contributed by atoms with van der Waals surface area (Å²) in [6.45, 7) is 5.16. The van der Waals surface area contributed by atoms with Gasteiger partial charge in [0.1, 0.15) is 11.0 Å². The lowest BCUT2D eigenvalue weighted by molar-refractivity contribution is 0.0951. The smallest absolute Gasteiger partial charge is 0.251 e. The van der Waals surface area contributed by atoms with Crippen molar-refractivity contribution in [2.24, 2.45) is 0 Å². The molecule has 2 fully saturated rings. The van der Waals surface area contributed by atoms with Crippen molar-refractivity contribution in [3.63, 3.8) is 0 Å². The molecule has 2 saturated heterocycles. The number of ether oxygens (including phenoxy) is 1. The predicted molar refractivity (Wildman–Crippen MR) is 142 cm³/mol. The van der Waals surface area contributed by atoms with E-state index in [-0.39, 0.29) is 11.9 Å². The molecule has 0 radical (unpaired) electrons. The summed E-state index contributed by atoms with van der Waals surface area (Å²) in [4.78, 5) is 33.7. The van der Waals surface area contributed by atoms with E-state index in [0.717, 1.165) is 67.1 Å². The highest BCUT2D eigenvalue weighted by molar-refractivity contribution is 6.29. The van der Waals surface area contributed by atoms with Crippen molar-refractivity contribution in [2.75, 3.05) is 69.8 Å². The summed E-state index contributed by atoms with van der Waals surface area (Å²) in [6.07, 6.45) is 5.52. The summed E-state index contributed by atoms with van der Waals surface area (Å²) in [6, 6.07) is 7.77. The zero-order valence-electron chi connectivity index (χ0n) is 20.8. The molecule has 1 atom stereocenters. The number of aromatic nitrogens is 3. The lowest BCUT2D eigenvalue weighted by atomic mass is 9.98. The lowest BCUT2D eigenvalue weighted by Gasteiger charge is -2.29. The van der Waals surface area contributed by atoms with Crippen LogP contribution in [0.15, 0.2) is 36.7 Å². The van der Waals surface area contributed by atoms with Crippen LogP contribution in [0.25, 0.3) is 11.0 Å². The molecule has 4 heterocycles. The molecule has 2 aromatic heterocycles. The van der Waals surface area contributed by atoms with Crippen molar-refractivity contribution in [1.29, 1.82) is 0 Å². The number of halogens is 1. The molecule has 1 aromatic carbocycles. The summed E-state index contributed by atoms with van der Waals surface area (Å²) in [5, 5.41) is 3.50. The van der Waals surface area contributed by atoms with E-state index in [1.54, 1.807) is 12.4 Å². The Bertz CT molecular complexity index is 1230. The largest absolute Gasteiger partial charge is 0.378 e. The highest BCUT2D eigenvalue weighted by atomic mass is 35.5. The van der Waals surface area contributed by atoms with Crippen molar-refractivity contribution in [1.82, 2.24) is 25.2 Å². The van der Waals surface area contributed by atoms with Gasteiger partial charge in [-0.05, 0) is 51.2 Å². The van der Waals surface area contributed by atoms with Gasteiger partial charge in [0.15, 0.2) is 0 Å². The summed E-state index contributed by atoms with van der Waals surface area (Å²) in [5.74, 6) is 0.738. The van der Waals surface area contributed by atoms with Crippen LogP contribution in [0.4, 0.5) is 11.5 Å². The van der Waals surface area contributed by atoms with Gasteiger partial charge in [-0.1, -0.05) is 11.6 Å². The number of hydrogen-bond acceptors (Lipinski definition) is 8. The summed E-state index contributed by atoms with van der Waals surface area (Å²) in [5.41, 5.74) is 4.19. The van der Waals surface area contributed by atoms with Crippen LogP contribution < -0.4 is 15.1 Å². The first-order chi connectivity index (χ1) is 17.5. The van der Waals surface area contributed by atoms with E-state index in [0.29, 0.717) is 30.5 Å². The first-order valence-electron chi connectivity index (χ1n) is 12.4. The van der Waals surface area contributed by atoms with Gasteiger partial charge in [-0.25, -0.2) is 9.97 Å². The molecule has 9 nitrogen and oxygen atoms in total. The number of rotatable bonds is 7. The maximum Gasteiger partial charge on any atom is 0.251 e. The number of carbonyl (C=O) groups is 1. The lowest BCUT2D eigenvalue weighted by Crippen LogP contribution is -2.36. The van der Waals surface area contributed by atoms with Gasteiger partial charge in [-0.3, -0.25) is 9.78 Å². The molecule has 0 bridgehead atoms. The first-order valence-corrected chi connectivity index (χ1v) is 12.8. The fourth-order valence-corrected chi connectivity index (χ4v) is 5.10. The molecule has 0 saturated carbocycles. The molecule has 1 amide bonds. The van der Waals surface area contributed by atoms with Gasteiger partial charge < -0.3 is 24.8 Å². The molecule has 36 heavy (non-hydrogen) atoms. The van der Waals surface area contributed by atoms with E-state index in [2.05, 4.69) is 20.1 Å². The quantitative estimate of drug-likeness (QED) is 0.486. The Balaban J connectivity index is 1.56. The fourth-order valence-electron chi connectivity index (χ4n) is 4.93. The molecule has 1 unspecified atom stereocenters. The maximum atomic E-state index is 13.1. The van der Waals surface area contributed by atoms with Crippen molar-refractivity contribution in [3.05, 3.63) is 52.9 Å². The van der Waals surface area contributed by atoms with E-state index in [9.17, 15) is 4.79 Å². The van der Waals surface area contributed by atoms with Gasteiger partial charge in [0.25, 0.3) is 5.91 Å². The zero-order chi connectivity index (χ0) is 25.1. The average molecular weight is 510 g/mol. The highest BCUT2D eigenvalue weighted by Crippen LogP contribution is 2.39. The van der Waals surface area contributed by atoms with Gasteiger partial charge in [-0.15, -0.1) is 0 Å². The number of morpholine rings is 1. The average Bonchev–Trinajstić information content (AvgIpc) is 3.38. The SMILES string of the molecule is CN(C)CCNC(=O)c1cc(C2CCCN2c2ccnc(Cl)c2)c2nc(N3CCOCC3)cnc2c1. The number of carbonyl (C=O) groups excluding carboxylic acids is 1. The van der Waals surface area contributed by atoms with Crippen LogP contribution in [0.3, 0.4) is 0 Å². The monoisotopic (exact) mass is 509 g/mol. The molecular formula is C26H32ClN7O2. The van der Waals surface area contributed by atoms with Crippen LogP contribution in [0.1, 0.15) is 34.8 Å². The maximum absolute atomic E-state index is 13.1. The third-order valence-corrected chi connectivity index (χ3v) is 6.97. The van der Waals surface area contributed by atoms with Crippen LogP contribution in [-0.4, -0.2) is 85.8 Å². The van der Waals surface area contributed by atoms with Gasteiger partial charge in [-0.2, -0.15) is 0 Å². The second-order valence-electron chi connectivity index (χ2n) is 9.51. The van der Waals surface area contributed by atoms with E-state index >= 15 is 0 Å². The van der Waals surface area contributed by atoms with Crippen LogP contribution in [0.2, 0.25) is 5.15 Å². The Labute approximate surface area is 216 Å². The third-order valence-electron chi connectivity index (χ3n) is 6.76.